The van der Waals surface area contributed by atoms with E-state index < -0.39 is 18.2 Å². The van der Waals surface area contributed by atoms with Gasteiger partial charge in [0.05, 0.1) is 13.2 Å². The number of anilines is 2. The molecule has 2 saturated heterocycles. The second kappa shape index (κ2) is 12.3. The van der Waals surface area contributed by atoms with Crippen LogP contribution in [0.2, 0.25) is 0 Å². The Labute approximate surface area is 238 Å². The molecule has 2 aromatic carbocycles. The van der Waals surface area contributed by atoms with Gasteiger partial charge in [-0.3, -0.25) is 9.59 Å². The molecule has 0 radical (unpaired) electrons. The van der Waals surface area contributed by atoms with Crippen LogP contribution >= 0.6 is 0 Å². The molecule has 2 aliphatic heterocycles. The van der Waals surface area contributed by atoms with Crippen molar-refractivity contribution in [2.24, 2.45) is 5.92 Å². The van der Waals surface area contributed by atoms with E-state index in [1.807, 2.05) is 26.0 Å². The minimum atomic E-state index is -0.751. The first-order valence-electron chi connectivity index (χ1n) is 14.4. The zero-order valence-electron chi connectivity index (χ0n) is 24.7. The summed E-state index contributed by atoms with van der Waals surface area (Å²) in [6.45, 7) is 11.9. The largest absolute Gasteiger partial charge is 0.453 e. The number of nitrogens with one attached hydrogen (secondary N) is 2. The van der Waals surface area contributed by atoms with Crippen molar-refractivity contribution in [1.82, 2.24) is 10.2 Å². The van der Waals surface area contributed by atoms with Crippen molar-refractivity contribution in [1.29, 1.82) is 0 Å². The van der Waals surface area contributed by atoms with Crippen molar-refractivity contribution in [3.8, 4) is 0 Å². The molecule has 0 unspecified atom stereocenters. The van der Waals surface area contributed by atoms with Crippen LogP contribution in [0.15, 0.2) is 48.5 Å². The number of methoxy groups -OCH3 is 1. The van der Waals surface area contributed by atoms with E-state index in [1.165, 1.54) is 23.9 Å². The summed E-state index contributed by atoms with van der Waals surface area (Å²) in [5.74, 6) is -0.610. The van der Waals surface area contributed by atoms with Gasteiger partial charge in [0.1, 0.15) is 12.1 Å². The van der Waals surface area contributed by atoms with Gasteiger partial charge in [-0.25, -0.2) is 4.79 Å². The average Bonchev–Trinajstić information content (AvgIpc) is 3.61. The molecule has 2 fully saturated rings. The molecule has 40 heavy (non-hydrogen) atoms. The first kappa shape index (κ1) is 29.4. The van der Waals surface area contributed by atoms with E-state index in [-0.39, 0.29) is 23.1 Å². The molecule has 8 heteroatoms. The van der Waals surface area contributed by atoms with E-state index >= 15 is 0 Å². The Hall–Kier alpha value is -3.55. The average molecular weight is 549 g/mol. The highest BCUT2D eigenvalue weighted by atomic mass is 16.5. The molecule has 3 amide bonds. The molecule has 2 aromatic rings. The molecule has 0 aliphatic carbocycles. The minimum absolute atomic E-state index is 0.127. The highest BCUT2D eigenvalue weighted by molar-refractivity contribution is 5.98. The van der Waals surface area contributed by atoms with E-state index in [4.69, 9.17) is 0 Å². The fourth-order valence-electron chi connectivity index (χ4n) is 5.77. The molecule has 2 aliphatic rings. The van der Waals surface area contributed by atoms with E-state index in [0.29, 0.717) is 24.7 Å². The Kier molecular flexibility index (Phi) is 9.06. The van der Waals surface area contributed by atoms with Gasteiger partial charge in [-0.05, 0) is 72.4 Å². The summed E-state index contributed by atoms with van der Waals surface area (Å²) in [7, 11) is 1.27. The van der Waals surface area contributed by atoms with E-state index in [9.17, 15) is 14.4 Å². The zero-order valence-corrected chi connectivity index (χ0v) is 24.7. The smallest absolute Gasteiger partial charge is 0.407 e. The lowest BCUT2D eigenvalue weighted by Crippen LogP contribution is -2.54. The fourth-order valence-corrected chi connectivity index (χ4v) is 5.77. The van der Waals surface area contributed by atoms with Crippen molar-refractivity contribution in [3.63, 3.8) is 0 Å². The highest BCUT2D eigenvalue weighted by Crippen LogP contribution is 2.37. The first-order chi connectivity index (χ1) is 19.0. The minimum Gasteiger partial charge on any atom is -0.453 e. The highest BCUT2D eigenvalue weighted by Gasteiger charge is 2.39. The maximum absolute atomic E-state index is 13.3. The summed E-state index contributed by atoms with van der Waals surface area (Å²) in [5, 5.41) is 5.63. The number of benzene rings is 2. The summed E-state index contributed by atoms with van der Waals surface area (Å²) < 4.78 is 4.69. The zero-order chi connectivity index (χ0) is 29.0. The normalized spacial score (nSPS) is 20.0. The molecule has 2 heterocycles. The summed E-state index contributed by atoms with van der Waals surface area (Å²) in [6, 6.07) is 16.0. The van der Waals surface area contributed by atoms with Crippen LogP contribution in [0.5, 0.6) is 0 Å². The van der Waals surface area contributed by atoms with Crippen LogP contribution in [-0.2, 0) is 19.7 Å². The van der Waals surface area contributed by atoms with Crippen LogP contribution in [0.3, 0.4) is 0 Å². The van der Waals surface area contributed by atoms with Gasteiger partial charge in [0, 0.05) is 24.5 Å². The van der Waals surface area contributed by atoms with E-state index in [1.54, 1.807) is 4.90 Å². The molecular formula is C32H44N4O4. The lowest BCUT2D eigenvalue weighted by atomic mass is 9.87. The number of hydrogen-bond donors (Lipinski definition) is 2. The van der Waals surface area contributed by atoms with Crippen LogP contribution in [-0.4, -0.2) is 55.1 Å². The standard InChI is InChI=1S/C32H44N4O4/c1-21(2)28(34-31(39)40-6)30(38)36-20-8-10-27(36)29(37)33-24-15-11-22(12-16-24)26-9-7-19-35(26)25-17-13-23(14-18-25)32(3,4)5/h11-18,21,26-28H,7-10,19-20H2,1-6H3,(H,33,37)(H,34,39)/t26-,27+,28+/m1/s1. The second-order valence-electron chi connectivity index (χ2n) is 12.3. The summed E-state index contributed by atoms with van der Waals surface area (Å²) in [6.07, 6.45) is 2.89. The van der Waals surface area contributed by atoms with Gasteiger partial charge in [-0.15, -0.1) is 0 Å². The van der Waals surface area contributed by atoms with Crippen LogP contribution in [0.25, 0.3) is 0 Å². The van der Waals surface area contributed by atoms with E-state index in [2.05, 4.69) is 77.4 Å². The lowest BCUT2D eigenvalue weighted by Gasteiger charge is -2.30. The Morgan fingerprint density at radius 3 is 2.17 bits per heavy atom. The summed E-state index contributed by atoms with van der Waals surface area (Å²) in [4.78, 5) is 42.4. The SMILES string of the molecule is COC(=O)N[C@H](C(=O)N1CCC[C@H]1C(=O)Nc1ccc([C@H]2CCCN2c2ccc(C(C)(C)C)cc2)cc1)C(C)C. The summed E-state index contributed by atoms with van der Waals surface area (Å²) in [5.41, 5.74) is 4.62. The molecule has 8 nitrogen and oxygen atoms in total. The first-order valence-corrected chi connectivity index (χ1v) is 14.4. The number of hydrogen-bond acceptors (Lipinski definition) is 5. The van der Waals surface area contributed by atoms with Gasteiger partial charge in [0.2, 0.25) is 11.8 Å². The van der Waals surface area contributed by atoms with Crippen LogP contribution in [0.4, 0.5) is 16.2 Å². The Balaban J connectivity index is 1.41. The molecule has 3 atom stereocenters. The molecule has 0 bridgehead atoms. The van der Waals surface area contributed by atoms with Gasteiger partial charge in [-0.1, -0.05) is 58.9 Å². The Bertz CT molecular complexity index is 1190. The molecule has 0 aromatic heterocycles. The monoisotopic (exact) mass is 548 g/mol. The summed E-state index contributed by atoms with van der Waals surface area (Å²) >= 11 is 0. The van der Waals surface area contributed by atoms with Crippen LogP contribution < -0.4 is 15.5 Å². The van der Waals surface area contributed by atoms with Crippen LogP contribution in [0, 0.1) is 5.92 Å². The number of alkyl carbamates (subject to hydrolysis) is 1. The number of carbonyl (C=O) groups excluding carboxylic acids is 3. The van der Waals surface area contributed by atoms with Gasteiger partial charge in [0.25, 0.3) is 0 Å². The van der Waals surface area contributed by atoms with Gasteiger partial charge < -0.3 is 25.2 Å². The van der Waals surface area contributed by atoms with E-state index in [0.717, 1.165) is 25.8 Å². The number of likely N-dealkylation sites (tertiary alicyclic amines) is 1. The van der Waals surface area contributed by atoms with Crippen molar-refractivity contribution in [3.05, 3.63) is 59.7 Å². The lowest BCUT2D eigenvalue weighted by molar-refractivity contribution is -0.139. The maximum Gasteiger partial charge on any atom is 0.407 e. The number of nitrogens with zero attached hydrogens (tertiary/aromatic N) is 2. The molecule has 4 rings (SSSR count). The van der Waals surface area contributed by atoms with Crippen molar-refractivity contribution >= 4 is 29.3 Å². The molecule has 0 saturated carbocycles. The molecule has 2 N–H and O–H groups in total. The third kappa shape index (κ3) is 6.60. The predicted molar refractivity (Wildman–Crippen MR) is 158 cm³/mol. The third-order valence-electron chi connectivity index (χ3n) is 8.11. The molecule has 216 valence electrons. The Morgan fingerprint density at radius 2 is 1.57 bits per heavy atom. The van der Waals surface area contributed by atoms with Crippen molar-refractivity contribution in [2.75, 3.05) is 30.4 Å². The number of amides is 3. The predicted octanol–water partition coefficient (Wildman–Crippen LogP) is 5.64. The fraction of sp³-hybridized carbons (Fsp3) is 0.531. The second-order valence-corrected chi connectivity index (χ2v) is 12.3. The third-order valence-corrected chi connectivity index (χ3v) is 8.11. The topological polar surface area (TPSA) is 91.0 Å². The molecular weight excluding hydrogens is 504 g/mol. The number of carbonyl (C=O) groups is 3. The molecule has 0 spiro atoms. The van der Waals surface area contributed by atoms with Gasteiger partial charge >= 0.3 is 6.09 Å². The number of rotatable bonds is 7. The van der Waals surface area contributed by atoms with Gasteiger partial charge in [0.15, 0.2) is 0 Å². The number of ether oxygens (including phenoxy) is 1. The Morgan fingerprint density at radius 1 is 0.925 bits per heavy atom. The van der Waals surface area contributed by atoms with Crippen molar-refractivity contribution < 1.29 is 19.1 Å². The quantitative estimate of drug-likeness (QED) is 0.468. The maximum atomic E-state index is 13.3. The van der Waals surface area contributed by atoms with Crippen LogP contribution in [0.1, 0.15) is 77.5 Å². The van der Waals surface area contributed by atoms with Crippen molar-refractivity contribution in [2.45, 2.75) is 83.8 Å². The van der Waals surface area contributed by atoms with Gasteiger partial charge in [-0.2, -0.15) is 0 Å².